The maximum absolute atomic E-state index is 14.7. The van der Waals surface area contributed by atoms with Gasteiger partial charge in [-0.25, -0.2) is 32.5 Å². The Labute approximate surface area is 173 Å². The number of halogens is 2. The molecule has 0 bridgehead atoms. The predicted molar refractivity (Wildman–Crippen MR) is 105 cm³/mol. The lowest BCUT2D eigenvalue weighted by Gasteiger charge is -2.34. The molecule has 0 radical (unpaired) electrons. The minimum absolute atomic E-state index is 0.180. The van der Waals surface area contributed by atoms with Gasteiger partial charge in [-0.1, -0.05) is 6.07 Å². The Bertz CT molecular complexity index is 1230. The van der Waals surface area contributed by atoms with Gasteiger partial charge in [-0.3, -0.25) is 0 Å². The first-order chi connectivity index (χ1) is 14.3. The summed E-state index contributed by atoms with van der Waals surface area (Å²) in [6.07, 6.45) is 3.97. The van der Waals surface area contributed by atoms with E-state index in [1.165, 1.54) is 46.5 Å². The van der Waals surface area contributed by atoms with Crippen molar-refractivity contribution < 1.29 is 13.9 Å². The molecule has 1 aromatic carbocycles. The lowest BCUT2D eigenvalue weighted by molar-refractivity contribution is -0.0381. The van der Waals surface area contributed by atoms with E-state index < -0.39 is 29.0 Å². The Hall–Kier alpha value is -3.18. The predicted octanol–water partition coefficient (Wildman–Crippen LogP) is 2.42. The molecule has 0 unspecified atom stereocenters. The monoisotopic (exact) mass is 432 g/mol. The van der Waals surface area contributed by atoms with Crippen molar-refractivity contribution in [3.63, 3.8) is 0 Å². The average Bonchev–Trinajstić information content (AvgIpc) is 3.43. The van der Waals surface area contributed by atoms with Gasteiger partial charge in [0.15, 0.2) is 0 Å². The molecule has 4 rings (SSSR count). The van der Waals surface area contributed by atoms with E-state index in [-0.39, 0.29) is 12.1 Å². The van der Waals surface area contributed by atoms with Crippen molar-refractivity contribution >= 4 is 11.3 Å². The molecular formula is C19H18F2N6O2S. The molecule has 2 atom stereocenters. The third-order valence-corrected chi connectivity index (χ3v) is 6.02. The topological polar surface area (TPSA) is 90.8 Å². The van der Waals surface area contributed by atoms with Gasteiger partial charge in [0.25, 0.3) is 0 Å². The molecule has 0 spiro atoms. The molecule has 0 aliphatic rings. The molecule has 3 aromatic heterocycles. The quantitative estimate of drug-likeness (QED) is 0.505. The number of hydrogen-bond donors (Lipinski definition) is 1. The van der Waals surface area contributed by atoms with Crippen molar-refractivity contribution in [3.8, 4) is 5.00 Å². The number of thiophene rings is 1. The number of rotatable bonds is 6. The molecule has 0 aliphatic carbocycles. The highest BCUT2D eigenvalue weighted by atomic mass is 32.1. The minimum atomic E-state index is -1.97. The molecular weight excluding hydrogens is 414 g/mol. The molecule has 8 nitrogen and oxygen atoms in total. The molecule has 0 aliphatic heterocycles. The zero-order valence-electron chi connectivity index (χ0n) is 16.1. The van der Waals surface area contributed by atoms with Crippen LogP contribution in [0.15, 0.2) is 53.4 Å². The van der Waals surface area contributed by atoms with Gasteiger partial charge in [-0.15, -0.1) is 11.3 Å². The van der Waals surface area contributed by atoms with E-state index in [1.807, 2.05) is 18.4 Å². The Balaban J connectivity index is 1.81. The summed E-state index contributed by atoms with van der Waals surface area (Å²) in [5.74, 6) is -1.72. The first-order valence-corrected chi connectivity index (χ1v) is 9.89. The smallest absolute Gasteiger partial charge is 0.351 e. The van der Waals surface area contributed by atoms with Crippen molar-refractivity contribution in [1.29, 1.82) is 0 Å². The van der Waals surface area contributed by atoms with Gasteiger partial charge in [0.1, 0.15) is 41.2 Å². The van der Waals surface area contributed by atoms with Crippen molar-refractivity contribution in [1.82, 2.24) is 29.1 Å². The van der Waals surface area contributed by atoms with Crippen molar-refractivity contribution in [2.24, 2.45) is 0 Å². The summed E-state index contributed by atoms with van der Waals surface area (Å²) in [7, 11) is 0. The SMILES string of the molecule is Cc1csc(-n2cnn([C@H](C)[C@](O)(Cn3cncn3)c3ccc(F)cc3F)c2=O)c1. The molecule has 0 saturated carbocycles. The summed E-state index contributed by atoms with van der Waals surface area (Å²) in [4.78, 5) is 16.8. The fourth-order valence-corrected chi connectivity index (χ4v) is 4.19. The number of hydrogen-bond acceptors (Lipinski definition) is 6. The van der Waals surface area contributed by atoms with Crippen LogP contribution in [0.2, 0.25) is 0 Å². The standard InChI is InChI=1S/C19H18F2N6O2S/c1-12-5-17(30-7-12)26-11-24-27(18(26)28)13(2)19(29,8-25-10-22-9-23-25)15-4-3-14(20)6-16(15)21/h3-7,9-11,13,29H,8H2,1-2H3/t13-,19-/m1/s1. The highest BCUT2D eigenvalue weighted by molar-refractivity contribution is 7.12. The maximum atomic E-state index is 14.7. The van der Waals surface area contributed by atoms with E-state index in [0.717, 1.165) is 22.4 Å². The van der Waals surface area contributed by atoms with Crippen LogP contribution < -0.4 is 5.69 Å². The van der Waals surface area contributed by atoms with Crippen LogP contribution in [0.1, 0.15) is 24.1 Å². The molecule has 3 heterocycles. The second kappa shape index (κ2) is 7.58. The van der Waals surface area contributed by atoms with Crippen LogP contribution in [-0.4, -0.2) is 34.2 Å². The van der Waals surface area contributed by atoms with E-state index in [9.17, 15) is 18.7 Å². The van der Waals surface area contributed by atoms with Crippen LogP contribution in [0.5, 0.6) is 0 Å². The second-order valence-corrected chi connectivity index (χ2v) is 7.90. The van der Waals surface area contributed by atoms with Crippen molar-refractivity contribution in [2.45, 2.75) is 32.0 Å². The van der Waals surface area contributed by atoms with Crippen LogP contribution in [-0.2, 0) is 12.1 Å². The Morgan fingerprint density at radius 2 is 2.03 bits per heavy atom. The number of aromatic nitrogens is 6. The first kappa shape index (κ1) is 20.1. The van der Waals surface area contributed by atoms with E-state index in [4.69, 9.17) is 0 Å². The summed E-state index contributed by atoms with van der Waals surface area (Å²) < 4.78 is 31.9. The average molecular weight is 432 g/mol. The molecule has 0 saturated heterocycles. The van der Waals surface area contributed by atoms with E-state index in [1.54, 1.807) is 0 Å². The normalized spacial score (nSPS) is 14.6. The van der Waals surface area contributed by atoms with Gasteiger partial charge >= 0.3 is 5.69 Å². The molecule has 4 aromatic rings. The number of aryl methyl sites for hydroxylation is 1. The molecule has 0 amide bonds. The molecule has 0 fully saturated rings. The van der Waals surface area contributed by atoms with Crippen LogP contribution in [0.25, 0.3) is 5.00 Å². The largest absolute Gasteiger partial charge is 0.381 e. The van der Waals surface area contributed by atoms with Gasteiger partial charge in [0.2, 0.25) is 0 Å². The van der Waals surface area contributed by atoms with Crippen molar-refractivity contribution in [2.75, 3.05) is 0 Å². The fourth-order valence-electron chi connectivity index (χ4n) is 3.32. The summed E-state index contributed by atoms with van der Waals surface area (Å²) in [5.41, 5.74) is -1.65. The van der Waals surface area contributed by atoms with Crippen molar-refractivity contribution in [3.05, 3.63) is 81.9 Å². The van der Waals surface area contributed by atoms with Gasteiger partial charge in [0.05, 0.1) is 12.6 Å². The van der Waals surface area contributed by atoms with Crippen LogP contribution in [0, 0.1) is 18.6 Å². The minimum Gasteiger partial charge on any atom is -0.381 e. The summed E-state index contributed by atoms with van der Waals surface area (Å²) in [5, 5.41) is 22.3. The maximum Gasteiger partial charge on any atom is 0.351 e. The molecule has 1 N–H and O–H groups in total. The summed E-state index contributed by atoms with van der Waals surface area (Å²) in [6.45, 7) is 3.22. The molecule has 11 heteroatoms. The zero-order valence-corrected chi connectivity index (χ0v) is 16.9. The Kier molecular flexibility index (Phi) is 5.08. The molecule has 156 valence electrons. The third kappa shape index (κ3) is 3.46. The second-order valence-electron chi connectivity index (χ2n) is 7.01. The summed E-state index contributed by atoms with van der Waals surface area (Å²) >= 11 is 1.38. The Morgan fingerprint density at radius 1 is 1.23 bits per heavy atom. The Morgan fingerprint density at radius 3 is 2.67 bits per heavy atom. The van der Waals surface area contributed by atoms with E-state index in [2.05, 4.69) is 15.2 Å². The van der Waals surface area contributed by atoms with Crippen LogP contribution in [0.3, 0.4) is 0 Å². The van der Waals surface area contributed by atoms with E-state index >= 15 is 0 Å². The van der Waals surface area contributed by atoms with Crippen LogP contribution >= 0.6 is 11.3 Å². The van der Waals surface area contributed by atoms with Gasteiger partial charge in [-0.2, -0.15) is 10.2 Å². The highest BCUT2D eigenvalue weighted by Gasteiger charge is 2.41. The fraction of sp³-hybridized carbons (Fsp3) is 0.263. The lowest BCUT2D eigenvalue weighted by atomic mass is 9.86. The lowest BCUT2D eigenvalue weighted by Crippen LogP contribution is -2.44. The van der Waals surface area contributed by atoms with E-state index in [0.29, 0.717) is 11.1 Å². The summed E-state index contributed by atoms with van der Waals surface area (Å²) in [6, 6.07) is 3.71. The molecule has 30 heavy (non-hydrogen) atoms. The number of benzene rings is 1. The third-order valence-electron chi connectivity index (χ3n) is 4.97. The number of aliphatic hydroxyl groups is 1. The van der Waals surface area contributed by atoms with Gasteiger partial charge in [0, 0.05) is 11.6 Å². The van der Waals surface area contributed by atoms with Crippen LogP contribution in [0.4, 0.5) is 8.78 Å². The number of nitrogens with zero attached hydrogens (tertiary/aromatic N) is 6. The zero-order chi connectivity index (χ0) is 21.5. The van der Waals surface area contributed by atoms with Gasteiger partial charge < -0.3 is 5.11 Å². The first-order valence-electron chi connectivity index (χ1n) is 9.01. The highest BCUT2D eigenvalue weighted by Crippen LogP contribution is 2.35. The van der Waals surface area contributed by atoms with Gasteiger partial charge in [-0.05, 0) is 36.9 Å².